The van der Waals surface area contributed by atoms with Gasteiger partial charge in [0.15, 0.2) is 0 Å². The first-order valence-corrected chi connectivity index (χ1v) is 6.99. The highest BCUT2D eigenvalue weighted by atomic mass is 19.4. The SMILES string of the molecule is CN(CCCOCC(F)(F)F)C1CCCCC1CN. The van der Waals surface area contributed by atoms with Crippen LogP contribution in [0.25, 0.3) is 0 Å². The summed E-state index contributed by atoms with van der Waals surface area (Å²) in [6.45, 7) is 0.466. The molecule has 0 heterocycles. The number of rotatable bonds is 7. The second-order valence-electron chi connectivity index (χ2n) is 5.35. The highest BCUT2D eigenvalue weighted by Crippen LogP contribution is 2.27. The molecule has 6 heteroatoms. The average Bonchev–Trinajstić information content (AvgIpc) is 2.36. The van der Waals surface area contributed by atoms with Crippen molar-refractivity contribution in [3.05, 3.63) is 0 Å². The average molecular weight is 282 g/mol. The Hall–Kier alpha value is -0.330. The van der Waals surface area contributed by atoms with Crippen molar-refractivity contribution in [3.8, 4) is 0 Å². The molecule has 2 atom stereocenters. The van der Waals surface area contributed by atoms with Crippen molar-refractivity contribution in [1.29, 1.82) is 0 Å². The Balaban J connectivity index is 2.17. The number of nitrogens with zero attached hydrogens (tertiary/aromatic N) is 1. The molecule has 1 fully saturated rings. The van der Waals surface area contributed by atoms with E-state index in [0.29, 0.717) is 24.9 Å². The summed E-state index contributed by atoms with van der Waals surface area (Å²) in [6.07, 6.45) is 1.16. The molecule has 1 saturated carbocycles. The van der Waals surface area contributed by atoms with Crippen molar-refractivity contribution in [2.75, 3.05) is 33.4 Å². The van der Waals surface area contributed by atoms with Crippen LogP contribution in [0.4, 0.5) is 13.2 Å². The van der Waals surface area contributed by atoms with Gasteiger partial charge in [0.2, 0.25) is 0 Å². The highest BCUT2D eigenvalue weighted by molar-refractivity contribution is 4.82. The molecule has 114 valence electrons. The highest BCUT2D eigenvalue weighted by Gasteiger charge is 2.28. The summed E-state index contributed by atoms with van der Waals surface area (Å²) in [5, 5.41) is 0. The summed E-state index contributed by atoms with van der Waals surface area (Å²) in [5.74, 6) is 0.523. The van der Waals surface area contributed by atoms with Crippen molar-refractivity contribution in [2.45, 2.75) is 44.3 Å². The second kappa shape index (κ2) is 8.07. The van der Waals surface area contributed by atoms with E-state index in [-0.39, 0.29) is 6.61 Å². The number of hydrogen-bond donors (Lipinski definition) is 1. The molecular weight excluding hydrogens is 257 g/mol. The molecule has 0 spiro atoms. The van der Waals surface area contributed by atoms with E-state index in [0.717, 1.165) is 19.4 Å². The molecule has 0 bridgehead atoms. The Morgan fingerprint density at radius 2 is 1.95 bits per heavy atom. The first kappa shape index (κ1) is 16.7. The Morgan fingerprint density at radius 1 is 1.26 bits per heavy atom. The van der Waals surface area contributed by atoms with Crippen molar-refractivity contribution in [2.24, 2.45) is 11.7 Å². The van der Waals surface area contributed by atoms with Crippen LogP contribution in [0.5, 0.6) is 0 Å². The lowest BCUT2D eigenvalue weighted by atomic mass is 9.83. The number of hydrogen-bond acceptors (Lipinski definition) is 3. The van der Waals surface area contributed by atoms with E-state index in [1.807, 2.05) is 7.05 Å². The van der Waals surface area contributed by atoms with Crippen LogP contribution < -0.4 is 5.73 Å². The quantitative estimate of drug-likeness (QED) is 0.729. The monoisotopic (exact) mass is 282 g/mol. The van der Waals surface area contributed by atoms with Crippen molar-refractivity contribution >= 4 is 0 Å². The van der Waals surface area contributed by atoms with Gasteiger partial charge in [-0.3, -0.25) is 0 Å². The van der Waals surface area contributed by atoms with Crippen LogP contribution in [0.3, 0.4) is 0 Å². The smallest absolute Gasteiger partial charge is 0.372 e. The minimum Gasteiger partial charge on any atom is -0.372 e. The molecule has 1 aliphatic rings. The van der Waals surface area contributed by atoms with E-state index < -0.39 is 12.8 Å². The zero-order valence-electron chi connectivity index (χ0n) is 11.6. The third kappa shape index (κ3) is 6.58. The topological polar surface area (TPSA) is 38.5 Å². The van der Waals surface area contributed by atoms with Crippen LogP contribution >= 0.6 is 0 Å². The molecule has 1 aliphatic carbocycles. The van der Waals surface area contributed by atoms with Crippen molar-refractivity contribution in [1.82, 2.24) is 4.90 Å². The first-order chi connectivity index (χ1) is 8.94. The molecular formula is C13H25F3N2O. The van der Waals surface area contributed by atoms with Crippen LogP contribution in [0, 0.1) is 5.92 Å². The van der Waals surface area contributed by atoms with E-state index >= 15 is 0 Å². The molecule has 0 aromatic carbocycles. The van der Waals surface area contributed by atoms with Crippen LogP contribution in [0.1, 0.15) is 32.1 Å². The van der Waals surface area contributed by atoms with Crippen LogP contribution in [0.15, 0.2) is 0 Å². The number of nitrogens with two attached hydrogens (primary N) is 1. The van der Waals surface area contributed by atoms with Gasteiger partial charge in [-0.25, -0.2) is 0 Å². The summed E-state index contributed by atoms with van der Waals surface area (Å²) in [6, 6.07) is 0.473. The maximum Gasteiger partial charge on any atom is 0.411 e. The van der Waals surface area contributed by atoms with Gasteiger partial charge in [0, 0.05) is 19.2 Å². The second-order valence-corrected chi connectivity index (χ2v) is 5.35. The van der Waals surface area contributed by atoms with Gasteiger partial charge < -0.3 is 15.4 Å². The summed E-state index contributed by atoms with van der Waals surface area (Å²) in [4.78, 5) is 2.23. The molecule has 0 aromatic heterocycles. The molecule has 0 aromatic rings. The number of alkyl halides is 3. The molecule has 0 amide bonds. The Bertz CT molecular complexity index is 249. The van der Waals surface area contributed by atoms with Gasteiger partial charge in [0.1, 0.15) is 6.61 Å². The van der Waals surface area contributed by atoms with Gasteiger partial charge in [-0.05, 0) is 38.8 Å². The molecule has 3 nitrogen and oxygen atoms in total. The maximum atomic E-state index is 11.9. The lowest BCUT2D eigenvalue weighted by Gasteiger charge is -2.37. The van der Waals surface area contributed by atoms with Crippen LogP contribution in [-0.4, -0.2) is 50.5 Å². The van der Waals surface area contributed by atoms with Gasteiger partial charge in [0.05, 0.1) is 0 Å². The summed E-state index contributed by atoms with van der Waals surface area (Å²) < 4.78 is 40.3. The van der Waals surface area contributed by atoms with Crippen LogP contribution in [-0.2, 0) is 4.74 Å². The predicted molar refractivity (Wildman–Crippen MR) is 68.9 cm³/mol. The molecule has 1 rings (SSSR count). The molecule has 0 aliphatic heterocycles. The zero-order valence-corrected chi connectivity index (χ0v) is 11.6. The van der Waals surface area contributed by atoms with Crippen molar-refractivity contribution < 1.29 is 17.9 Å². The van der Waals surface area contributed by atoms with Gasteiger partial charge in [-0.1, -0.05) is 12.8 Å². The molecule has 2 unspecified atom stereocenters. The van der Waals surface area contributed by atoms with E-state index in [4.69, 9.17) is 5.73 Å². The third-order valence-corrected chi connectivity index (χ3v) is 3.80. The van der Waals surface area contributed by atoms with Gasteiger partial charge in [-0.2, -0.15) is 13.2 Å². The summed E-state index contributed by atoms with van der Waals surface area (Å²) in [7, 11) is 2.03. The third-order valence-electron chi connectivity index (χ3n) is 3.80. The molecule has 0 radical (unpaired) electrons. The predicted octanol–water partition coefficient (Wildman–Crippen LogP) is 2.40. The lowest BCUT2D eigenvalue weighted by Crippen LogP contribution is -2.43. The van der Waals surface area contributed by atoms with E-state index in [9.17, 15) is 13.2 Å². The largest absolute Gasteiger partial charge is 0.411 e. The summed E-state index contributed by atoms with van der Waals surface area (Å²) in [5.41, 5.74) is 5.78. The summed E-state index contributed by atoms with van der Waals surface area (Å²) >= 11 is 0. The van der Waals surface area contributed by atoms with Gasteiger partial charge in [-0.15, -0.1) is 0 Å². The Labute approximate surface area is 113 Å². The first-order valence-electron chi connectivity index (χ1n) is 6.99. The molecule has 2 N–H and O–H groups in total. The fraction of sp³-hybridized carbons (Fsp3) is 1.00. The number of halogens is 3. The minimum absolute atomic E-state index is 0.157. The maximum absolute atomic E-state index is 11.9. The van der Waals surface area contributed by atoms with Crippen LogP contribution in [0.2, 0.25) is 0 Å². The fourth-order valence-corrected chi connectivity index (χ4v) is 2.81. The Morgan fingerprint density at radius 3 is 2.58 bits per heavy atom. The normalized spacial score (nSPS) is 24.9. The van der Waals surface area contributed by atoms with Crippen molar-refractivity contribution in [3.63, 3.8) is 0 Å². The van der Waals surface area contributed by atoms with Gasteiger partial charge >= 0.3 is 6.18 Å². The molecule has 0 saturated heterocycles. The van der Waals surface area contributed by atoms with E-state index in [1.54, 1.807) is 0 Å². The lowest BCUT2D eigenvalue weighted by molar-refractivity contribution is -0.174. The van der Waals surface area contributed by atoms with E-state index in [1.165, 1.54) is 12.8 Å². The Kier molecular flexibility index (Phi) is 7.10. The molecule has 19 heavy (non-hydrogen) atoms. The standard InChI is InChI=1S/C13H25F3N2O/c1-18(7-4-8-19-10-13(14,15)16)12-6-3-2-5-11(12)9-17/h11-12H,2-10,17H2,1H3. The zero-order chi connectivity index (χ0) is 14.3. The minimum atomic E-state index is -4.22. The number of ether oxygens (including phenoxy) is 1. The van der Waals surface area contributed by atoms with E-state index in [2.05, 4.69) is 9.64 Å². The van der Waals surface area contributed by atoms with Gasteiger partial charge in [0.25, 0.3) is 0 Å². The fourth-order valence-electron chi connectivity index (χ4n) is 2.81.